The van der Waals surface area contributed by atoms with E-state index in [0.717, 1.165) is 49.7 Å². The van der Waals surface area contributed by atoms with E-state index in [1.807, 2.05) is 42.8 Å². The lowest BCUT2D eigenvalue weighted by Gasteiger charge is -2.36. The van der Waals surface area contributed by atoms with Crippen LogP contribution in [0.25, 0.3) is 0 Å². The van der Waals surface area contributed by atoms with Crippen molar-refractivity contribution >= 4 is 17.8 Å². The van der Waals surface area contributed by atoms with Crippen LogP contribution in [-0.4, -0.2) is 59.5 Å². The molecule has 1 aliphatic heterocycles. The third-order valence-electron chi connectivity index (χ3n) is 6.14. The van der Waals surface area contributed by atoms with Crippen molar-refractivity contribution in [3.63, 3.8) is 0 Å². The summed E-state index contributed by atoms with van der Waals surface area (Å²) in [7, 11) is 0. The molecule has 1 aliphatic rings. The van der Waals surface area contributed by atoms with E-state index in [-0.39, 0.29) is 5.91 Å². The van der Waals surface area contributed by atoms with Crippen LogP contribution in [0.2, 0.25) is 0 Å². The molecule has 2 aromatic carbocycles. The Hall–Kier alpha value is -3.45. The quantitative estimate of drug-likeness (QED) is 0.428. The van der Waals surface area contributed by atoms with Gasteiger partial charge >= 0.3 is 0 Å². The number of anilines is 1. The number of nitrogens with zero attached hydrogens (tertiary/aromatic N) is 5. The zero-order valence-corrected chi connectivity index (χ0v) is 19.4. The minimum Gasteiger partial charge on any atom is -0.369 e. The number of aryl methyl sites for hydroxylation is 1. The maximum atomic E-state index is 12.3. The molecule has 0 unspecified atom stereocenters. The fourth-order valence-electron chi connectivity index (χ4n) is 4.16. The first kappa shape index (κ1) is 22.7. The van der Waals surface area contributed by atoms with Gasteiger partial charge in [0.1, 0.15) is 0 Å². The Morgan fingerprint density at radius 2 is 1.67 bits per heavy atom. The Kier molecular flexibility index (Phi) is 7.52. The smallest absolute Gasteiger partial charge is 0.241 e. The predicted molar refractivity (Wildman–Crippen MR) is 133 cm³/mol. The van der Waals surface area contributed by atoms with E-state index < -0.39 is 0 Å². The number of carbonyl (C=O) groups is 1. The number of hydrazone groups is 1. The van der Waals surface area contributed by atoms with Gasteiger partial charge < -0.3 is 4.90 Å². The molecule has 1 fully saturated rings. The van der Waals surface area contributed by atoms with Crippen molar-refractivity contribution < 1.29 is 4.79 Å². The number of carbonyl (C=O) groups excluding carboxylic acids is 1. The molecule has 0 bridgehead atoms. The second-order valence-corrected chi connectivity index (χ2v) is 8.44. The largest absolute Gasteiger partial charge is 0.369 e. The molecule has 0 spiro atoms. The predicted octanol–water partition coefficient (Wildman–Crippen LogP) is 3.21. The maximum absolute atomic E-state index is 12.3. The first-order chi connectivity index (χ1) is 16.1. The standard InChI is InChI=1S/C26H32N6O/c1-21-25(22(2)32(29-21)20-23-9-5-3-6-10-23)19-27-28-26(33)13-14-30-15-17-31(18-16-30)24-11-7-4-8-12-24/h3-12,19H,13-18,20H2,1-2H3,(H,28,33)/b27-19+. The van der Waals surface area contributed by atoms with Gasteiger partial charge in [0.2, 0.25) is 5.91 Å². The first-order valence-electron chi connectivity index (χ1n) is 11.5. The normalized spacial score (nSPS) is 14.7. The zero-order valence-electron chi connectivity index (χ0n) is 19.4. The van der Waals surface area contributed by atoms with E-state index in [0.29, 0.717) is 13.0 Å². The summed E-state index contributed by atoms with van der Waals surface area (Å²) in [6.07, 6.45) is 2.14. The van der Waals surface area contributed by atoms with Crippen LogP contribution in [0.5, 0.6) is 0 Å². The van der Waals surface area contributed by atoms with Gasteiger partial charge in [-0.15, -0.1) is 0 Å². The number of benzene rings is 2. The Labute approximate surface area is 195 Å². The van der Waals surface area contributed by atoms with Crippen molar-refractivity contribution in [3.8, 4) is 0 Å². The molecule has 1 saturated heterocycles. The summed E-state index contributed by atoms with van der Waals surface area (Å²) >= 11 is 0. The van der Waals surface area contributed by atoms with Crippen LogP contribution in [0.4, 0.5) is 5.69 Å². The molecule has 1 amide bonds. The number of nitrogens with one attached hydrogen (secondary N) is 1. The molecule has 0 saturated carbocycles. The van der Waals surface area contributed by atoms with E-state index in [1.165, 1.54) is 11.3 Å². The molecule has 3 aromatic rings. The molecule has 1 N–H and O–H groups in total. The lowest BCUT2D eigenvalue weighted by molar-refractivity contribution is -0.121. The summed E-state index contributed by atoms with van der Waals surface area (Å²) in [6, 6.07) is 20.7. The highest BCUT2D eigenvalue weighted by atomic mass is 16.2. The molecule has 33 heavy (non-hydrogen) atoms. The van der Waals surface area contributed by atoms with E-state index >= 15 is 0 Å². The second-order valence-electron chi connectivity index (χ2n) is 8.44. The number of amides is 1. The summed E-state index contributed by atoms with van der Waals surface area (Å²) in [4.78, 5) is 17.0. The number of hydrogen-bond acceptors (Lipinski definition) is 5. The Morgan fingerprint density at radius 1 is 1.00 bits per heavy atom. The molecule has 4 rings (SSSR count). The van der Waals surface area contributed by atoms with Crippen molar-refractivity contribution in [2.75, 3.05) is 37.6 Å². The third-order valence-corrected chi connectivity index (χ3v) is 6.14. The molecule has 0 radical (unpaired) electrons. The van der Waals surface area contributed by atoms with Crippen molar-refractivity contribution in [1.82, 2.24) is 20.1 Å². The lowest BCUT2D eigenvalue weighted by atomic mass is 10.2. The van der Waals surface area contributed by atoms with Gasteiger partial charge in [-0.05, 0) is 31.5 Å². The zero-order chi connectivity index (χ0) is 23.0. The molecule has 1 aromatic heterocycles. The summed E-state index contributed by atoms with van der Waals surface area (Å²) in [5.41, 5.74) is 8.02. The number of para-hydroxylation sites is 1. The lowest BCUT2D eigenvalue weighted by Crippen LogP contribution is -2.47. The first-order valence-corrected chi connectivity index (χ1v) is 11.5. The van der Waals surface area contributed by atoms with Gasteiger partial charge in [-0.1, -0.05) is 48.5 Å². The molecule has 7 nitrogen and oxygen atoms in total. The van der Waals surface area contributed by atoms with Crippen molar-refractivity contribution in [2.24, 2.45) is 5.10 Å². The van der Waals surface area contributed by atoms with E-state index in [9.17, 15) is 4.79 Å². The number of rotatable bonds is 8. The van der Waals surface area contributed by atoms with E-state index in [2.05, 4.69) is 61.8 Å². The van der Waals surface area contributed by atoms with Crippen LogP contribution in [0.1, 0.15) is 28.9 Å². The second kappa shape index (κ2) is 10.9. The van der Waals surface area contributed by atoms with Gasteiger partial charge in [0.15, 0.2) is 0 Å². The van der Waals surface area contributed by atoms with Crippen molar-refractivity contribution in [2.45, 2.75) is 26.8 Å². The Bertz CT molecular complexity index is 1070. The highest BCUT2D eigenvalue weighted by Crippen LogP contribution is 2.16. The van der Waals surface area contributed by atoms with Crippen LogP contribution >= 0.6 is 0 Å². The van der Waals surface area contributed by atoms with E-state index in [1.54, 1.807) is 6.21 Å². The van der Waals surface area contributed by atoms with E-state index in [4.69, 9.17) is 0 Å². The fourth-order valence-corrected chi connectivity index (χ4v) is 4.16. The number of hydrogen-bond donors (Lipinski definition) is 1. The minimum absolute atomic E-state index is 0.0660. The topological polar surface area (TPSA) is 65.8 Å². The number of aromatic nitrogens is 2. The van der Waals surface area contributed by atoms with Gasteiger partial charge in [-0.3, -0.25) is 14.4 Å². The van der Waals surface area contributed by atoms with Crippen LogP contribution in [0.15, 0.2) is 65.8 Å². The molecule has 7 heteroatoms. The molecular formula is C26H32N6O. The maximum Gasteiger partial charge on any atom is 0.241 e. The number of piperazine rings is 1. The van der Waals surface area contributed by atoms with Gasteiger partial charge in [0, 0.05) is 56.1 Å². The molecule has 0 aliphatic carbocycles. The average molecular weight is 445 g/mol. The molecular weight excluding hydrogens is 412 g/mol. The van der Waals surface area contributed by atoms with Crippen LogP contribution in [0.3, 0.4) is 0 Å². The van der Waals surface area contributed by atoms with Crippen molar-refractivity contribution in [3.05, 3.63) is 83.2 Å². The fraction of sp³-hybridized carbons (Fsp3) is 0.346. The Balaban J connectivity index is 1.22. The monoisotopic (exact) mass is 444 g/mol. The van der Waals surface area contributed by atoms with Gasteiger partial charge in [-0.2, -0.15) is 10.2 Å². The van der Waals surface area contributed by atoms with Gasteiger partial charge in [0.05, 0.1) is 18.5 Å². The summed E-state index contributed by atoms with van der Waals surface area (Å²) in [5.74, 6) is -0.0660. The molecule has 0 atom stereocenters. The molecule has 172 valence electrons. The summed E-state index contributed by atoms with van der Waals surface area (Å²) in [6.45, 7) is 9.34. The summed E-state index contributed by atoms with van der Waals surface area (Å²) in [5, 5.41) is 8.83. The molecule has 2 heterocycles. The summed E-state index contributed by atoms with van der Waals surface area (Å²) < 4.78 is 1.98. The van der Waals surface area contributed by atoms with Crippen LogP contribution < -0.4 is 10.3 Å². The highest BCUT2D eigenvalue weighted by molar-refractivity contribution is 5.84. The average Bonchev–Trinajstić information content (AvgIpc) is 3.11. The Morgan fingerprint density at radius 3 is 2.36 bits per heavy atom. The van der Waals surface area contributed by atoms with Crippen LogP contribution in [-0.2, 0) is 11.3 Å². The van der Waals surface area contributed by atoms with Gasteiger partial charge in [0.25, 0.3) is 0 Å². The SMILES string of the molecule is Cc1nn(Cc2ccccc2)c(C)c1/C=N/NC(=O)CCN1CCN(c2ccccc2)CC1. The van der Waals surface area contributed by atoms with Crippen LogP contribution in [0, 0.1) is 13.8 Å². The highest BCUT2D eigenvalue weighted by Gasteiger charge is 2.17. The third kappa shape index (κ3) is 6.08. The van der Waals surface area contributed by atoms with Crippen molar-refractivity contribution in [1.29, 1.82) is 0 Å². The van der Waals surface area contributed by atoms with Gasteiger partial charge in [-0.25, -0.2) is 5.43 Å². The minimum atomic E-state index is -0.0660.